The molecule has 0 heterocycles. The number of carbonyl (C=O) groups is 1. The van der Waals surface area contributed by atoms with Gasteiger partial charge in [0.05, 0.1) is 4.92 Å². The van der Waals surface area contributed by atoms with E-state index in [1.54, 1.807) is 19.1 Å². The SMILES string of the molecule is Cc1ccc(NC(=O)NC2CCCCCC2)cc1[N+](=O)[O-]. The van der Waals surface area contributed by atoms with E-state index in [-0.39, 0.29) is 17.8 Å². The van der Waals surface area contributed by atoms with Crippen LogP contribution in [0.5, 0.6) is 0 Å². The lowest BCUT2D eigenvalue weighted by molar-refractivity contribution is -0.385. The minimum Gasteiger partial charge on any atom is -0.335 e. The lowest BCUT2D eigenvalue weighted by Gasteiger charge is -2.16. The summed E-state index contributed by atoms with van der Waals surface area (Å²) in [6.07, 6.45) is 6.73. The maximum absolute atomic E-state index is 12.0. The largest absolute Gasteiger partial charge is 0.335 e. The van der Waals surface area contributed by atoms with Gasteiger partial charge in [0.2, 0.25) is 0 Å². The van der Waals surface area contributed by atoms with E-state index < -0.39 is 4.92 Å². The highest BCUT2D eigenvalue weighted by molar-refractivity contribution is 5.89. The molecule has 6 heteroatoms. The fourth-order valence-electron chi connectivity index (χ4n) is 2.66. The van der Waals surface area contributed by atoms with Crippen LogP contribution in [-0.2, 0) is 0 Å². The van der Waals surface area contributed by atoms with Gasteiger partial charge >= 0.3 is 6.03 Å². The van der Waals surface area contributed by atoms with Crippen molar-refractivity contribution in [2.75, 3.05) is 5.32 Å². The van der Waals surface area contributed by atoms with Gasteiger partial charge in [-0.25, -0.2) is 4.79 Å². The molecule has 114 valence electrons. The van der Waals surface area contributed by atoms with Gasteiger partial charge in [0.15, 0.2) is 0 Å². The number of amides is 2. The van der Waals surface area contributed by atoms with Crippen molar-refractivity contribution < 1.29 is 9.72 Å². The molecule has 1 saturated carbocycles. The van der Waals surface area contributed by atoms with Crippen molar-refractivity contribution in [1.82, 2.24) is 5.32 Å². The van der Waals surface area contributed by atoms with Gasteiger partial charge in [0, 0.05) is 23.4 Å². The third kappa shape index (κ3) is 4.44. The number of urea groups is 1. The molecular weight excluding hydrogens is 270 g/mol. The van der Waals surface area contributed by atoms with Crippen LogP contribution in [0.15, 0.2) is 18.2 Å². The predicted molar refractivity (Wildman–Crippen MR) is 81.5 cm³/mol. The van der Waals surface area contributed by atoms with E-state index >= 15 is 0 Å². The minimum absolute atomic E-state index is 0.0160. The average molecular weight is 291 g/mol. The minimum atomic E-state index is -0.441. The van der Waals surface area contributed by atoms with E-state index in [0.29, 0.717) is 11.3 Å². The molecule has 1 aliphatic carbocycles. The summed E-state index contributed by atoms with van der Waals surface area (Å²) in [6.45, 7) is 1.67. The molecule has 0 radical (unpaired) electrons. The zero-order valence-corrected chi connectivity index (χ0v) is 12.2. The number of nitro benzene ring substituents is 1. The van der Waals surface area contributed by atoms with Gasteiger partial charge in [0.1, 0.15) is 0 Å². The monoisotopic (exact) mass is 291 g/mol. The molecule has 0 bridgehead atoms. The Morgan fingerprint density at radius 1 is 1.24 bits per heavy atom. The molecule has 21 heavy (non-hydrogen) atoms. The van der Waals surface area contributed by atoms with Crippen LogP contribution in [0.1, 0.15) is 44.1 Å². The van der Waals surface area contributed by atoms with E-state index in [1.807, 2.05) is 0 Å². The number of aryl methyl sites for hydroxylation is 1. The summed E-state index contributed by atoms with van der Waals surface area (Å²) >= 11 is 0. The number of nitrogens with zero attached hydrogens (tertiary/aromatic N) is 1. The normalized spacial score (nSPS) is 16.0. The van der Waals surface area contributed by atoms with E-state index in [1.165, 1.54) is 18.9 Å². The summed E-state index contributed by atoms with van der Waals surface area (Å²) in [6, 6.07) is 4.61. The topological polar surface area (TPSA) is 84.3 Å². The molecule has 6 nitrogen and oxygen atoms in total. The maximum Gasteiger partial charge on any atom is 0.319 e. The zero-order chi connectivity index (χ0) is 15.2. The second kappa shape index (κ2) is 7.06. The van der Waals surface area contributed by atoms with E-state index in [0.717, 1.165) is 25.7 Å². The van der Waals surface area contributed by atoms with Crippen molar-refractivity contribution >= 4 is 17.4 Å². The molecule has 2 N–H and O–H groups in total. The van der Waals surface area contributed by atoms with Crippen molar-refractivity contribution in [3.8, 4) is 0 Å². The standard InChI is InChI=1S/C15H21N3O3/c1-11-8-9-13(10-14(11)18(20)21)17-15(19)16-12-6-4-2-3-5-7-12/h8-10,12H,2-7H2,1H3,(H2,16,17,19). The molecule has 1 aliphatic rings. The van der Waals surface area contributed by atoms with Crippen molar-refractivity contribution in [1.29, 1.82) is 0 Å². The molecule has 0 spiro atoms. The van der Waals surface area contributed by atoms with Crippen molar-refractivity contribution in [2.24, 2.45) is 0 Å². The Morgan fingerprint density at radius 3 is 2.52 bits per heavy atom. The highest BCUT2D eigenvalue weighted by atomic mass is 16.6. The number of rotatable bonds is 3. The smallest absolute Gasteiger partial charge is 0.319 e. The molecule has 1 aromatic carbocycles. The average Bonchev–Trinajstić information content (AvgIpc) is 2.69. The maximum atomic E-state index is 12.0. The quantitative estimate of drug-likeness (QED) is 0.505. The first-order valence-electron chi connectivity index (χ1n) is 7.39. The zero-order valence-electron chi connectivity index (χ0n) is 12.2. The van der Waals surface area contributed by atoms with Crippen LogP contribution < -0.4 is 10.6 Å². The predicted octanol–water partition coefficient (Wildman–Crippen LogP) is 3.75. The summed E-state index contributed by atoms with van der Waals surface area (Å²) in [7, 11) is 0. The summed E-state index contributed by atoms with van der Waals surface area (Å²) in [4.78, 5) is 22.4. The Bertz CT molecular complexity index is 523. The molecule has 1 fully saturated rings. The van der Waals surface area contributed by atoms with Crippen molar-refractivity contribution in [3.63, 3.8) is 0 Å². The Morgan fingerprint density at radius 2 is 1.90 bits per heavy atom. The van der Waals surface area contributed by atoms with Gasteiger partial charge in [-0.15, -0.1) is 0 Å². The lowest BCUT2D eigenvalue weighted by atomic mass is 10.1. The highest BCUT2D eigenvalue weighted by Crippen LogP contribution is 2.22. The molecule has 2 amide bonds. The van der Waals surface area contributed by atoms with Crippen LogP contribution >= 0.6 is 0 Å². The summed E-state index contributed by atoms with van der Waals surface area (Å²) in [5.41, 5.74) is 1.04. The van der Waals surface area contributed by atoms with E-state index in [4.69, 9.17) is 0 Å². The summed E-state index contributed by atoms with van der Waals surface area (Å²) < 4.78 is 0. The summed E-state index contributed by atoms with van der Waals surface area (Å²) in [5.74, 6) is 0. The molecule has 0 aromatic heterocycles. The van der Waals surface area contributed by atoms with Gasteiger partial charge in [-0.2, -0.15) is 0 Å². The van der Waals surface area contributed by atoms with Crippen LogP contribution in [0.2, 0.25) is 0 Å². The summed E-state index contributed by atoms with van der Waals surface area (Å²) in [5, 5.41) is 16.5. The Balaban J connectivity index is 1.95. The van der Waals surface area contributed by atoms with E-state index in [2.05, 4.69) is 10.6 Å². The Kier molecular flexibility index (Phi) is 5.14. The van der Waals surface area contributed by atoms with Gasteiger partial charge in [-0.05, 0) is 25.8 Å². The number of nitrogens with one attached hydrogen (secondary N) is 2. The molecular formula is C15H21N3O3. The van der Waals surface area contributed by atoms with Crippen LogP contribution in [0.4, 0.5) is 16.2 Å². The number of nitro groups is 1. The molecule has 0 aliphatic heterocycles. The van der Waals surface area contributed by atoms with Gasteiger partial charge in [0.25, 0.3) is 5.69 Å². The fraction of sp³-hybridized carbons (Fsp3) is 0.533. The van der Waals surface area contributed by atoms with Crippen LogP contribution in [-0.4, -0.2) is 17.0 Å². The first kappa shape index (κ1) is 15.3. The molecule has 0 unspecified atom stereocenters. The Labute approximate surface area is 124 Å². The van der Waals surface area contributed by atoms with Crippen molar-refractivity contribution in [3.05, 3.63) is 33.9 Å². The molecule has 0 saturated heterocycles. The number of hydrogen-bond donors (Lipinski definition) is 2. The fourth-order valence-corrected chi connectivity index (χ4v) is 2.66. The third-order valence-electron chi connectivity index (χ3n) is 3.85. The number of benzene rings is 1. The molecule has 2 rings (SSSR count). The molecule has 1 aromatic rings. The lowest BCUT2D eigenvalue weighted by Crippen LogP contribution is -2.37. The number of hydrogen-bond acceptors (Lipinski definition) is 3. The van der Waals surface area contributed by atoms with E-state index in [9.17, 15) is 14.9 Å². The first-order valence-corrected chi connectivity index (χ1v) is 7.39. The number of carbonyl (C=O) groups excluding carboxylic acids is 1. The second-order valence-corrected chi connectivity index (χ2v) is 5.55. The number of anilines is 1. The van der Waals surface area contributed by atoms with Gasteiger partial charge in [-0.1, -0.05) is 31.7 Å². The Hall–Kier alpha value is -2.11. The van der Waals surface area contributed by atoms with Crippen LogP contribution in [0.25, 0.3) is 0 Å². The first-order chi connectivity index (χ1) is 10.1. The highest BCUT2D eigenvalue weighted by Gasteiger charge is 2.16. The third-order valence-corrected chi connectivity index (χ3v) is 3.85. The van der Waals surface area contributed by atoms with Gasteiger partial charge < -0.3 is 10.6 Å². The van der Waals surface area contributed by atoms with Gasteiger partial charge in [-0.3, -0.25) is 10.1 Å². The molecule has 0 atom stereocenters. The van der Waals surface area contributed by atoms with Crippen LogP contribution in [0.3, 0.4) is 0 Å². The second-order valence-electron chi connectivity index (χ2n) is 5.55. The van der Waals surface area contributed by atoms with Crippen molar-refractivity contribution in [2.45, 2.75) is 51.5 Å². The van der Waals surface area contributed by atoms with Crippen LogP contribution in [0, 0.1) is 17.0 Å².